The fourth-order valence-electron chi connectivity index (χ4n) is 2.28. The summed E-state index contributed by atoms with van der Waals surface area (Å²) in [6.07, 6.45) is 1.38. The smallest absolute Gasteiger partial charge is 0.261 e. The zero-order valence-corrected chi connectivity index (χ0v) is 12.5. The number of amides is 1. The molecule has 0 atom stereocenters. The molecule has 1 amide bonds. The average molecular weight is 292 g/mol. The number of anilines is 1. The quantitative estimate of drug-likeness (QED) is 0.786. The van der Waals surface area contributed by atoms with Crippen molar-refractivity contribution < 1.29 is 9.32 Å². The minimum atomic E-state index is -0.228. The van der Waals surface area contributed by atoms with Gasteiger partial charge in [0.15, 0.2) is 0 Å². The number of aryl methyl sites for hydroxylation is 1. The average Bonchev–Trinajstić information content (AvgIpc) is 3.02. The van der Waals surface area contributed by atoms with Gasteiger partial charge in [-0.15, -0.1) is 0 Å². The number of benzene rings is 2. The number of hydrogen-bond donors (Lipinski definition) is 1. The fourth-order valence-corrected chi connectivity index (χ4v) is 2.28. The molecule has 0 fully saturated rings. The van der Waals surface area contributed by atoms with E-state index in [1.165, 1.54) is 6.26 Å². The maximum Gasteiger partial charge on any atom is 0.261 e. The molecule has 3 aromatic rings. The van der Waals surface area contributed by atoms with Gasteiger partial charge in [-0.05, 0) is 31.0 Å². The summed E-state index contributed by atoms with van der Waals surface area (Å²) in [6.45, 7) is 4.00. The molecule has 0 aliphatic carbocycles. The largest absolute Gasteiger partial charge is 0.363 e. The zero-order valence-electron chi connectivity index (χ0n) is 12.5. The van der Waals surface area contributed by atoms with E-state index in [1.807, 2.05) is 62.4 Å². The molecule has 110 valence electrons. The molecule has 1 aromatic heterocycles. The third kappa shape index (κ3) is 2.63. The molecular weight excluding hydrogens is 276 g/mol. The van der Waals surface area contributed by atoms with Crippen LogP contribution in [0.1, 0.15) is 21.5 Å². The van der Waals surface area contributed by atoms with Crippen LogP contribution >= 0.6 is 0 Å². The first kappa shape index (κ1) is 14.1. The van der Waals surface area contributed by atoms with Crippen LogP contribution in [0.3, 0.4) is 0 Å². The fraction of sp³-hybridized carbons (Fsp3) is 0.111. The number of aromatic nitrogens is 1. The van der Waals surface area contributed by atoms with Crippen molar-refractivity contribution in [1.82, 2.24) is 5.16 Å². The van der Waals surface area contributed by atoms with Gasteiger partial charge in [0.05, 0.1) is 0 Å². The van der Waals surface area contributed by atoms with E-state index in [9.17, 15) is 4.79 Å². The van der Waals surface area contributed by atoms with E-state index >= 15 is 0 Å². The van der Waals surface area contributed by atoms with Crippen LogP contribution < -0.4 is 5.32 Å². The predicted molar refractivity (Wildman–Crippen MR) is 85.8 cm³/mol. The van der Waals surface area contributed by atoms with E-state index in [0.29, 0.717) is 11.3 Å². The second kappa shape index (κ2) is 5.85. The van der Waals surface area contributed by atoms with Crippen molar-refractivity contribution in [2.75, 3.05) is 5.32 Å². The molecule has 0 saturated carbocycles. The number of hydrogen-bond acceptors (Lipinski definition) is 3. The number of rotatable bonds is 3. The minimum Gasteiger partial charge on any atom is -0.363 e. The molecule has 2 aromatic carbocycles. The molecule has 0 radical (unpaired) electrons. The molecular formula is C18H16N2O2. The Morgan fingerprint density at radius 2 is 1.82 bits per heavy atom. The molecule has 0 aliphatic rings. The molecule has 4 nitrogen and oxygen atoms in total. The van der Waals surface area contributed by atoms with E-state index in [1.54, 1.807) is 0 Å². The van der Waals surface area contributed by atoms with Crippen LogP contribution in [0.4, 0.5) is 5.69 Å². The van der Waals surface area contributed by atoms with Gasteiger partial charge in [-0.25, -0.2) is 0 Å². The van der Waals surface area contributed by atoms with E-state index in [-0.39, 0.29) is 5.91 Å². The summed E-state index contributed by atoms with van der Waals surface area (Å²) in [5.41, 5.74) is 4.79. The van der Waals surface area contributed by atoms with E-state index < -0.39 is 0 Å². The van der Waals surface area contributed by atoms with Crippen molar-refractivity contribution in [3.05, 3.63) is 71.5 Å². The number of carbonyl (C=O) groups excluding carboxylic acids is 1. The summed E-state index contributed by atoms with van der Waals surface area (Å²) < 4.78 is 5.00. The number of carbonyl (C=O) groups is 1. The Morgan fingerprint density at radius 1 is 1.05 bits per heavy atom. The Balaban J connectivity index is 1.91. The maximum atomic E-state index is 12.5. The molecule has 0 aliphatic heterocycles. The molecule has 22 heavy (non-hydrogen) atoms. The van der Waals surface area contributed by atoms with Crippen LogP contribution in [-0.4, -0.2) is 11.1 Å². The Kier molecular flexibility index (Phi) is 3.74. The highest BCUT2D eigenvalue weighted by Gasteiger charge is 2.18. The van der Waals surface area contributed by atoms with Crippen molar-refractivity contribution in [3.8, 4) is 11.3 Å². The zero-order chi connectivity index (χ0) is 15.5. The van der Waals surface area contributed by atoms with Gasteiger partial charge in [0, 0.05) is 11.3 Å². The summed E-state index contributed by atoms with van der Waals surface area (Å²) in [6, 6.07) is 15.3. The van der Waals surface area contributed by atoms with Crippen molar-refractivity contribution in [3.63, 3.8) is 0 Å². The molecule has 0 saturated heterocycles. The monoisotopic (exact) mass is 292 g/mol. The molecule has 0 unspecified atom stereocenters. The van der Waals surface area contributed by atoms with Gasteiger partial charge in [0.25, 0.3) is 5.91 Å². The Hall–Kier alpha value is -2.88. The second-order valence-corrected chi connectivity index (χ2v) is 5.14. The maximum absolute atomic E-state index is 12.5. The summed E-state index contributed by atoms with van der Waals surface area (Å²) in [7, 11) is 0. The van der Waals surface area contributed by atoms with Crippen LogP contribution in [0.2, 0.25) is 0 Å². The van der Waals surface area contributed by atoms with Crippen LogP contribution in [0, 0.1) is 13.8 Å². The number of nitrogens with one attached hydrogen (secondary N) is 1. The summed E-state index contributed by atoms with van der Waals surface area (Å²) >= 11 is 0. The Bertz CT molecular complexity index is 807. The third-order valence-corrected chi connectivity index (χ3v) is 3.71. The molecule has 1 N–H and O–H groups in total. The molecule has 3 rings (SSSR count). The highest BCUT2D eigenvalue weighted by atomic mass is 16.5. The van der Waals surface area contributed by atoms with Crippen LogP contribution in [0.5, 0.6) is 0 Å². The van der Waals surface area contributed by atoms with Gasteiger partial charge >= 0.3 is 0 Å². The van der Waals surface area contributed by atoms with Gasteiger partial charge in [0.1, 0.15) is 17.5 Å². The lowest BCUT2D eigenvalue weighted by molar-refractivity contribution is 0.102. The number of nitrogens with zero attached hydrogens (tertiary/aromatic N) is 1. The van der Waals surface area contributed by atoms with E-state index in [2.05, 4.69) is 10.5 Å². The standard InChI is InChI=1S/C18H16N2O2/c1-12-7-6-10-16(13(12)2)19-18(21)15-11-22-20-17(15)14-8-4-3-5-9-14/h3-11H,1-2H3,(H,19,21). The lowest BCUT2D eigenvalue weighted by Gasteiger charge is -2.10. The van der Waals surface area contributed by atoms with Crippen LogP contribution in [-0.2, 0) is 0 Å². The second-order valence-electron chi connectivity index (χ2n) is 5.14. The molecule has 0 bridgehead atoms. The van der Waals surface area contributed by atoms with Gasteiger partial charge in [-0.1, -0.05) is 47.6 Å². The Morgan fingerprint density at radius 3 is 2.59 bits per heavy atom. The first-order valence-corrected chi connectivity index (χ1v) is 7.04. The van der Waals surface area contributed by atoms with Crippen LogP contribution in [0.15, 0.2) is 59.3 Å². The summed E-state index contributed by atoms with van der Waals surface area (Å²) in [4.78, 5) is 12.5. The minimum absolute atomic E-state index is 0.228. The molecule has 1 heterocycles. The predicted octanol–water partition coefficient (Wildman–Crippen LogP) is 4.21. The molecule has 0 spiro atoms. The topological polar surface area (TPSA) is 55.1 Å². The lowest BCUT2D eigenvalue weighted by atomic mass is 10.1. The van der Waals surface area contributed by atoms with Gasteiger partial charge in [-0.2, -0.15) is 0 Å². The van der Waals surface area contributed by atoms with Gasteiger partial charge in [0.2, 0.25) is 0 Å². The Labute approximate surface area is 128 Å². The van der Waals surface area contributed by atoms with Crippen molar-refractivity contribution in [1.29, 1.82) is 0 Å². The third-order valence-electron chi connectivity index (χ3n) is 3.71. The first-order valence-electron chi connectivity index (χ1n) is 7.04. The first-order chi connectivity index (χ1) is 10.7. The van der Waals surface area contributed by atoms with Gasteiger partial charge < -0.3 is 9.84 Å². The highest BCUT2D eigenvalue weighted by Crippen LogP contribution is 2.24. The highest BCUT2D eigenvalue weighted by molar-refractivity contribution is 6.08. The van der Waals surface area contributed by atoms with Crippen molar-refractivity contribution >= 4 is 11.6 Å². The van der Waals surface area contributed by atoms with Crippen LogP contribution in [0.25, 0.3) is 11.3 Å². The van der Waals surface area contributed by atoms with E-state index in [4.69, 9.17) is 4.52 Å². The van der Waals surface area contributed by atoms with Crippen molar-refractivity contribution in [2.45, 2.75) is 13.8 Å². The molecule has 4 heteroatoms. The van der Waals surface area contributed by atoms with Crippen molar-refractivity contribution in [2.24, 2.45) is 0 Å². The SMILES string of the molecule is Cc1cccc(NC(=O)c2conc2-c2ccccc2)c1C. The lowest BCUT2D eigenvalue weighted by Crippen LogP contribution is -2.13. The van der Waals surface area contributed by atoms with Gasteiger partial charge in [-0.3, -0.25) is 4.79 Å². The normalized spacial score (nSPS) is 10.5. The summed E-state index contributed by atoms with van der Waals surface area (Å²) in [5.74, 6) is -0.228. The summed E-state index contributed by atoms with van der Waals surface area (Å²) in [5, 5.41) is 6.88. The van der Waals surface area contributed by atoms with E-state index in [0.717, 1.165) is 22.4 Å².